The molecule has 0 N–H and O–H groups in total. The van der Waals surface area contributed by atoms with E-state index in [1.165, 1.54) is 11.3 Å². The maximum Gasteiger partial charge on any atom is 0.338 e. The molecule has 0 fully saturated rings. The van der Waals surface area contributed by atoms with E-state index in [0.29, 0.717) is 37.7 Å². The van der Waals surface area contributed by atoms with Crippen molar-refractivity contribution in [2.75, 3.05) is 39.8 Å². The fraction of sp³-hybridized carbons (Fsp3) is 0.296. The number of aromatic nitrogens is 1. The molecule has 0 spiro atoms. The van der Waals surface area contributed by atoms with Gasteiger partial charge in [0.25, 0.3) is 5.56 Å². The Morgan fingerprint density at radius 3 is 2.43 bits per heavy atom. The number of carbonyl (C=O) groups is 1. The molecule has 37 heavy (non-hydrogen) atoms. The van der Waals surface area contributed by atoms with Gasteiger partial charge in [-0.15, -0.1) is 0 Å². The van der Waals surface area contributed by atoms with Crippen LogP contribution in [0.5, 0.6) is 11.5 Å². The number of fused-ring (bicyclic) bond motifs is 1. The van der Waals surface area contributed by atoms with Crippen molar-refractivity contribution in [3.63, 3.8) is 0 Å². The van der Waals surface area contributed by atoms with Crippen molar-refractivity contribution in [1.29, 1.82) is 0 Å². The normalized spacial score (nSPS) is 15.2. The summed E-state index contributed by atoms with van der Waals surface area (Å²) in [5, 5.41) is 0. The highest BCUT2D eigenvalue weighted by Crippen LogP contribution is 2.34. The quantitative estimate of drug-likeness (QED) is 0.394. The van der Waals surface area contributed by atoms with Crippen LogP contribution in [-0.2, 0) is 9.53 Å². The van der Waals surface area contributed by atoms with Crippen LogP contribution < -0.4 is 29.3 Å². The number of methoxy groups -OCH3 is 2. The lowest BCUT2D eigenvalue weighted by atomic mass is 9.95. The fourth-order valence-corrected chi connectivity index (χ4v) is 5.76. The van der Waals surface area contributed by atoms with E-state index in [0.717, 1.165) is 15.7 Å². The molecule has 1 aliphatic rings. The Bertz CT molecular complexity index is 1550. The van der Waals surface area contributed by atoms with Gasteiger partial charge in [-0.05, 0) is 59.6 Å². The van der Waals surface area contributed by atoms with Crippen LogP contribution in [0.25, 0.3) is 6.08 Å². The smallest absolute Gasteiger partial charge is 0.338 e. The second-order valence-electron chi connectivity index (χ2n) is 8.52. The first kappa shape index (κ1) is 26.7. The Balaban J connectivity index is 1.95. The Morgan fingerprint density at radius 1 is 1.16 bits per heavy atom. The number of rotatable bonds is 7. The highest BCUT2D eigenvalue weighted by Gasteiger charge is 2.33. The standard InChI is InChI=1S/C27H28BrN3O5S/c1-7-36-26(33)23-15(2)29-27-31(24(23)16-8-10-18(11-9-16)30(3)4)25(32)22(37-27)13-17-12-19(28)21(35-6)14-20(17)34-5/h8-14,24H,7H2,1-6H3. The first-order valence-electron chi connectivity index (χ1n) is 11.6. The number of ether oxygens (including phenoxy) is 3. The summed E-state index contributed by atoms with van der Waals surface area (Å²) in [5.41, 5.74) is 3.12. The third-order valence-corrected chi connectivity index (χ3v) is 7.64. The molecule has 0 saturated heterocycles. The summed E-state index contributed by atoms with van der Waals surface area (Å²) >= 11 is 4.76. The van der Waals surface area contributed by atoms with Crippen molar-refractivity contribution in [2.24, 2.45) is 4.99 Å². The number of anilines is 1. The van der Waals surface area contributed by atoms with Gasteiger partial charge >= 0.3 is 5.97 Å². The van der Waals surface area contributed by atoms with Gasteiger partial charge in [-0.2, -0.15) is 0 Å². The molecular formula is C27H28BrN3O5S. The average molecular weight is 587 g/mol. The number of thiazole rings is 1. The molecule has 0 aliphatic carbocycles. The van der Waals surface area contributed by atoms with Gasteiger partial charge in [0.2, 0.25) is 0 Å². The first-order chi connectivity index (χ1) is 17.7. The van der Waals surface area contributed by atoms with Crippen molar-refractivity contribution in [1.82, 2.24) is 4.57 Å². The maximum absolute atomic E-state index is 13.8. The SMILES string of the molecule is CCOC(=O)C1=C(C)N=c2sc(=Cc3cc(Br)c(OC)cc3OC)c(=O)n2C1c1ccc(N(C)C)cc1. The molecule has 8 nitrogen and oxygen atoms in total. The number of carbonyl (C=O) groups excluding carboxylic acids is 1. The highest BCUT2D eigenvalue weighted by molar-refractivity contribution is 9.10. The molecule has 0 bridgehead atoms. The second-order valence-corrected chi connectivity index (χ2v) is 10.4. The summed E-state index contributed by atoms with van der Waals surface area (Å²) < 4.78 is 19.0. The van der Waals surface area contributed by atoms with Gasteiger partial charge in [0.1, 0.15) is 11.5 Å². The van der Waals surface area contributed by atoms with Crippen molar-refractivity contribution in [3.05, 3.63) is 83.0 Å². The van der Waals surface area contributed by atoms with Crippen molar-refractivity contribution < 1.29 is 19.0 Å². The third-order valence-electron chi connectivity index (χ3n) is 6.03. The summed E-state index contributed by atoms with van der Waals surface area (Å²) in [6.45, 7) is 3.75. The van der Waals surface area contributed by atoms with Gasteiger partial charge in [0.15, 0.2) is 4.80 Å². The molecule has 0 saturated carbocycles. The number of benzene rings is 2. The lowest BCUT2D eigenvalue weighted by Crippen LogP contribution is -2.40. The van der Waals surface area contributed by atoms with E-state index in [9.17, 15) is 9.59 Å². The molecule has 1 aromatic heterocycles. The summed E-state index contributed by atoms with van der Waals surface area (Å²) in [5.74, 6) is 0.692. The summed E-state index contributed by atoms with van der Waals surface area (Å²) in [6, 6.07) is 10.7. The van der Waals surface area contributed by atoms with Gasteiger partial charge in [-0.25, -0.2) is 9.79 Å². The van der Waals surface area contributed by atoms with Crippen molar-refractivity contribution in [3.8, 4) is 11.5 Å². The topological polar surface area (TPSA) is 82.4 Å². The number of halogens is 1. The molecule has 4 rings (SSSR count). The number of hydrogen-bond acceptors (Lipinski definition) is 8. The minimum atomic E-state index is -0.668. The number of allylic oxidation sites excluding steroid dienone is 1. The van der Waals surface area contributed by atoms with E-state index in [4.69, 9.17) is 14.2 Å². The fourth-order valence-electron chi connectivity index (χ4n) is 4.20. The lowest BCUT2D eigenvalue weighted by molar-refractivity contribution is -0.139. The van der Waals surface area contributed by atoms with Gasteiger partial charge in [-0.1, -0.05) is 23.5 Å². The Labute approximate surface area is 227 Å². The van der Waals surface area contributed by atoms with Crippen LogP contribution in [0.15, 0.2) is 61.9 Å². The predicted octanol–water partition coefficient (Wildman–Crippen LogP) is 3.64. The van der Waals surface area contributed by atoms with Crippen LogP contribution in [0.3, 0.4) is 0 Å². The third kappa shape index (κ3) is 5.08. The molecule has 1 atom stereocenters. The number of esters is 1. The molecule has 3 aromatic rings. The molecule has 1 unspecified atom stereocenters. The van der Waals surface area contributed by atoms with E-state index in [-0.39, 0.29) is 12.2 Å². The number of nitrogens with zero attached hydrogens (tertiary/aromatic N) is 3. The highest BCUT2D eigenvalue weighted by atomic mass is 79.9. The monoisotopic (exact) mass is 585 g/mol. The van der Waals surface area contributed by atoms with E-state index in [2.05, 4.69) is 20.9 Å². The van der Waals surface area contributed by atoms with Crippen molar-refractivity contribution in [2.45, 2.75) is 19.9 Å². The summed E-state index contributed by atoms with van der Waals surface area (Å²) in [4.78, 5) is 34.0. The summed E-state index contributed by atoms with van der Waals surface area (Å²) in [7, 11) is 7.05. The first-order valence-corrected chi connectivity index (χ1v) is 13.2. The average Bonchev–Trinajstić information content (AvgIpc) is 3.17. The Morgan fingerprint density at radius 2 is 1.84 bits per heavy atom. The van der Waals surface area contributed by atoms with Crippen LogP contribution in [0.1, 0.15) is 31.0 Å². The van der Waals surface area contributed by atoms with Crippen LogP contribution in [0.4, 0.5) is 5.69 Å². The van der Waals surface area contributed by atoms with E-state index in [1.54, 1.807) is 44.8 Å². The molecule has 1 aliphatic heterocycles. The molecule has 2 heterocycles. The molecule has 10 heteroatoms. The Hall–Kier alpha value is -3.37. The minimum Gasteiger partial charge on any atom is -0.496 e. The van der Waals surface area contributed by atoms with E-state index < -0.39 is 12.0 Å². The van der Waals surface area contributed by atoms with E-state index in [1.807, 2.05) is 49.3 Å². The van der Waals surface area contributed by atoms with Gasteiger partial charge in [0.05, 0.1) is 47.1 Å². The number of hydrogen-bond donors (Lipinski definition) is 0. The zero-order chi connectivity index (χ0) is 26.9. The van der Waals surface area contributed by atoms with Crippen molar-refractivity contribution >= 4 is 45.0 Å². The molecular weight excluding hydrogens is 558 g/mol. The zero-order valence-corrected chi connectivity index (χ0v) is 23.9. The molecule has 2 aromatic carbocycles. The largest absolute Gasteiger partial charge is 0.496 e. The van der Waals surface area contributed by atoms with Crippen LogP contribution in [0, 0.1) is 0 Å². The second kappa shape index (κ2) is 10.9. The van der Waals surface area contributed by atoms with Crippen LogP contribution in [0.2, 0.25) is 0 Å². The molecule has 0 amide bonds. The maximum atomic E-state index is 13.8. The minimum absolute atomic E-state index is 0.221. The molecule has 194 valence electrons. The predicted molar refractivity (Wildman–Crippen MR) is 148 cm³/mol. The molecule has 0 radical (unpaired) electrons. The Kier molecular flexibility index (Phi) is 7.89. The van der Waals surface area contributed by atoms with Crippen LogP contribution >= 0.6 is 27.3 Å². The lowest BCUT2D eigenvalue weighted by Gasteiger charge is -2.25. The van der Waals surface area contributed by atoms with Gasteiger partial charge in [0, 0.05) is 31.4 Å². The van der Waals surface area contributed by atoms with E-state index >= 15 is 0 Å². The summed E-state index contributed by atoms with van der Waals surface area (Å²) in [6.07, 6.45) is 1.77. The zero-order valence-electron chi connectivity index (χ0n) is 21.5. The van der Waals surface area contributed by atoms with Gasteiger partial charge in [-0.3, -0.25) is 9.36 Å². The van der Waals surface area contributed by atoms with Crippen LogP contribution in [-0.4, -0.2) is 45.5 Å². The van der Waals surface area contributed by atoms with Gasteiger partial charge < -0.3 is 19.1 Å².